The van der Waals surface area contributed by atoms with Gasteiger partial charge in [-0.2, -0.15) is 4.31 Å². The van der Waals surface area contributed by atoms with Gasteiger partial charge in [0.25, 0.3) is 5.91 Å². The Morgan fingerprint density at radius 3 is 2.36 bits per heavy atom. The summed E-state index contributed by atoms with van der Waals surface area (Å²) in [7, 11) is -3.69. The molecule has 7 nitrogen and oxygen atoms in total. The lowest BCUT2D eigenvalue weighted by Crippen LogP contribution is -2.36. The van der Waals surface area contributed by atoms with Gasteiger partial charge in [-0.1, -0.05) is 51.5 Å². The van der Waals surface area contributed by atoms with Crippen molar-refractivity contribution in [2.24, 2.45) is 0 Å². The summed E-state index contributed by atoms with van der Waals surface area (Å²) in [5.41, 5.74) is 2.12. The largest absolute Gasteiger partial charge is 0.452 e. The number of piperidine rings is 1. The topological polar surface area (TPSA) is 92.8 Å². The Morgan fingerprint density at radius 1 is 1.03 bits per heavy atom. The van der Waals surface area contributed by atoms with E-state index in [0.717, 1.165) is 24.8 Å². The van der Waals surface area contributed by atoms with Crippen molar-refractivity contribution in [3.8, 4) is 0 Å². The Hall–Kier alpha value is -2.71. The predicted octanol–water partition coefficient (Wildman–Crippen LogP) is 4.26. The number of nitrogens with one attached hydrogen (secondary N) is 1. The first-order valence-corrected chi connectivity index (χ1v) is 12.6. The van der Waals surface area contributed by atoms with E-state index in [2.05, 4.69) is 5.32 Å². The maximum atomic E-state index is 13.1. The molecular formula is C25H32N2O5S. The minimum absolute atomic E-state index is 0.0964. The van der Waals surface area contributed by atoms with Gasteiger partial charge >= 0.3 is 5.97 Å². The molecule has 0 saturated carbocycles. The molecule has 178 valence electrons. The van der Waals surface area contributed by atoms with Crippen molar-refractivity contribution in [1.82, 2.24) is 4.31 Å². The van der Waals surface area contributed by atoms with Gasteiger partial charge in [0, 0.05) is 18.8 Å². The first-order chi connectivity index (χ1) is 15.5. The third-order valence-electron chi connectivity index (χ3n) is 5.70. The third kappa shape index (κ3) is 6.00. The Kier molecular flexibility index (Phi) is 7.59. The van der Waals surface area contributed by atoms with Crippen molar-refractivity contribution in [3.05, 3.63) is 59.2 Å². The van der Waals surface area contributed by atoms with Crippen molar-refractivity contribution in [3.63, 3.8) is 0 Å². The SMILES string of the molecule is Cc1ccc(C(=O)OCC(=O)Nc2ccccc2C(C)(C)C)cc1S(=O)(=O)N1CCCCC1. The van der Waals surface area contributed by atoms with Gasteiger partial charge < -0.3 is 10.1 Å². The molecule has 1 aliphatic heterocycles. The van der Waals surface area contributed by atoms with Crippen LogP contribution in [-0.4, -0.2) is 44.3 Å². The molecule has 0 unspecified atom stereocenters. The first kappa shape index (κ1) is 24.9. The normalized spacial score (nSPS) is 15.2. The zero-order chi connectivity index (χ0) is 24.2. The minimum Gasteiger partial charge on any atom is -0.452 e. The number of aryl methyl sites for hydroxylation is 1. The summed E-state index contributed by atoms with van der Waals surface area (Å²) < 4.78 is 32.8. The maximum absolute atomic E-state index is 13.1. The molecule has 0 atom stereocenters. The number of nitrogens with zero attached hydrogens (tertiary/aromatic N) is 1. The van der Waals surface area contributed by atoms with Crippen molar-refractivity contribution in [2.45, 2.75) is 57.3 Å². The molecule has 33 heavy (non-hydrogen) atoms. The van der Waals surface area contributed by atoms with Gasteiger partial charge in [-0.15, -0.1) is 0 Å². The Bertz CT molecular complexity index is 1130. The number of para-hydroxylation sites is 1. The van der Waals surface area contributed by atoms with E-state index >= 15 is 0 Å². The standard InChI is InChI=1S/C25H32N2O5S/c1-18-12-13-19(16-22(18)33(30,31)27-14-8-5-9-15-27)24(29)32-17-23(28)26-21-11-7-6-10-20(21)25(2,3)4/h6-7,10-13,16H,5,8-9,14-15,17H2,1-4H3,(H,26,28). The van der Waals surface area contributed by atoms with Crippen LogP contribution in [0.25, 0.3) is 0 Å². The highest BCUT2D eigenvalue weighted by molar-refractivity contribution is 7.89. The number of benzene rings is 2. The third-order valence-corrected chi connectivity index (χ3v) is 7.74. The number of carbonyl (C=O) groups is 2. The summed E-state index contributed by atoms with van der Waals surface area (Å²) in [6.45, 7) is 8.32. The lowest BCUT2D eigenvalue weighted by Gasteiger charge is -2.26. The Morgan fingerprint density at radius 2 is 1.70 bits per heavy atom. The number of carbonyl (C=O) groups excluding carboxylic acids is 2. The van der Waals surface area contributed by atoms with Crippen LogP contribution in [-0.2, 0) is 25.0 Å². The fourth-order valence-corrected chi connectivity index (χ4v) is 5.66. The van der Waals surface area contributed by atoms with Gasteiger partial charge in [0.1, 0.15) is 0 Å². The maximum Gasteiger partial charge on any atom is 0.338 e. The molecule has 1 N–H and O–H groups in total. The van der Waals surface area contributed by atoms with Crippen LogP contribution in [0.15, 0.2) is 47.4 Å². The van der Waals surface area contributed by atoms with Crippen molar-refractivity contribution >= 4 is 27.6 Å². The van der Waals surface area contributed by atoms with Gasteiger partial charge in [0.2, 0.25) is 10.0 Å². The van der Waals surface area contributed by atoms with E-state index in [9.17, 15) is 18.0 Å². The smallest absolute Gasteiger partial charge is 0.338 e. The summed E-state index contributed by atoms with van der Waals surface area (Å²) in [5, 5.41) is 2.79. The number of esters is 1. The number of hydrogen-bond donors (Lipinski definition) is 1. The molecule has 1 fully saturated rings. The molecule has 2 aromatic rings. The summed E-state index contributed by atoms with van der Waals surface area (Å²) >= 11 is 0. The van der Waals surface area contributed by atoms with Crippen LogP contribution in [0.3, 0.4) is 0 Å². The van der Waals surface area contributed by atoms with Crippen LogP contribution >= 0.6 is 0 Å². The molecule has 3 rings (SSSR count). The number of anilines is 1. The molecule has 1 heterocycles. The van der Waals surface area contributed by atoms with Gasteiger partial charge in [-0.05, 0) is 54.5 Å². The van der Waals surface area contributed by atoms with Crippen molar-refractivity contribution < 1.29 is 22.7 Å². The lowest BCUT2D eigenvalue weighted by molar-refractivity contribution is -0.119. The number of amides is 1. The average molecular weight is 473 g/mol. The number of sulfonamides is 1. The van der Waals surface area contributed by atoms with E-state index in [1.165, 1.54) is 16.4 Å². The van der Waals surface area contributed by atoms with Crippen LogP contribution in [0.5, 0.6) is 0 Å². The molecule has 2 aromatic carbocycles. The van der Waals surface area contributed by atoms with E-state index < -0.39 is 28.5 Å². The predicted molar refractivity (Wildman–Crippen MR) is 128 cm³/mol. The van der Waals surface area contributed by atoms with Crippen LogP contribution in [0.1, 0.15) is 61.5 Å². The zero-order valence-electron chi connectivity index (χ0n) is 19.7. The number of rotatable bonds is 6. The lowest BCUT2D eigenvalue weighted by atomic mass is 9.86. The van der Waals surface area contributed by atoms with E-state index in [-0.39, 0.29) is 15.9 Å². The van der Waals surface area contributed by atoms with E-state index in [0.29, 0.717) is 24.3 Å². The highest BCUT2D eigenvalue weighted by Gasteiger charge is 2.28. The summed E-state index contributed by atoms with van der Waals surface area (Å²) in [5.74, 6) is -1.21. The number of hydrogen-bond acceptors (Lipinski definition) is 5. The van der Waals surface area contributed by atoms with Gasteiger partial charge in [-0.3, -0.25) is 4.79 Å². The first-order valence-electron chi connectivity index (χ1n) is 11.2. The summed E-state index contributed by atoms with van der Waals surface area (Å²) in [6, 6.07) is 11.9. The molecule has 8 heteroatoms. The number of ether oxygens (including phenoxy) is 1. The Labute approximate surface area is 196 Å². The molecule has 1 amide bonds. The van der Waals surface area contributed by atoms with Crippen molar-refractivity contribution in [2.75, 3.05) is 25.0 Å². The highest BCUT2D eigenvalue weighted by atomic mass is 32.2. The molecular weight excluding hydrogens is 440 g/mol. The monoisotopic (exact) mass is 472 g/mol. The molecule has 1 saturated heterocycles. The quantitative estimate of drug-likeness (QED) is 0.634. The van der Waals surface area contributed by atoms with Crippen LogP contribution in [0, 0.1) is 6.92 Å². The van der Waals surface area contributed by atoms with Crippen LogP contribution < -0.4 is 5.32 Å². The average Bonchev–Trinajstić information content (AvgIpc) is 2.78. The Balaban J connectivity index is 1.69. The zero-order valence-corrected chi connectivity index (χ0v) is 20.5. The van der Waals surface area contributed by atoms with Crippen LogP contribution in [0.2, 0.25) is 0 Å². The minimum atomic E-state index is -3.69. The van der Waals surface area contributed by atoms with E-state index in [4.69, 9.17) is 4.74 Å². The van der Waals surface area contributed by atoms with Gasteiger partial charge in [0.15, 0.2) is 6.61 Å². The van der Waals surface area contributed by atoms with Gasteiger partial charge in [0.05, 0.1) is 10.5 Å². The fraction of sp³-hybridized carbons (Fsp3) is 0.440. The van der Waals surface area contributed by atoms with Crippen LogP contribution in [0.4, 0.5) is 5.69 Å². The second-order valence-electron chi connectivity index (χ2n) is 9.36. The second-order valence-corrected chi connectivity index (χ2v) is 11.3. The highest BCUT2D eigenvalue weighted by Crippen LogP contribution is 2.29. The molecule has 0 aromatic heterocycles. The fourth-order valence-electron chi connectivity index (χ4n) is 3.90. The van der Waals surface area contributed by atoms with E-state index in [1.807, 2.05) is 39.0 Å². The van der Waals surface area contributed by atoms with E-state index in [1.54, 1.807) is 19.1 Å². The van der Waals surface area contributed by atoms with Crippen molar-refractivity contribution in [1.29, 1.82) is 0 Å². The molecule has 0 bridgehead atoms. The van der Waals surface area contributed by atoms with Gasteiger partial charge in [-0.25, -0.2) is 13.2 Å². The molecule has 0 spiro atoms. The molecule has 0 radical (unpaired) electrons. The second kappa shape index (κ2) is 10.1. The summed E-state index contributed by atoms with van der Waals surface area (Å²) in [4.78, 5) is 25.1. The summed E-state index contributed by atoms with van der Waals surface area (Å²) in [6.07, 6.45) is 2.67. The molecule has 1 aliphatic rings. The molecule has 0 aliphatic carbocycles.